The standard InChI is InChI=1S/C21H21F3N6O5S/c1-30(36(3,33)34)18-13(5-4-8-25-18)10-26-17-14(21(22,23)24)11-27-20(29-17)28-15-7-6-12(19(31)32)9-16(15)35-2/h4-9,11H,10H2,1-3H3,(H,31,32)(H2,26,27,28,29). The first kappa shape index (κ1) is 26.5. The zero-order valence-electron chi connectivity index (χ0n) is 19.2. The smallest absolute Gasteiger partial charge is 0.421 e. The number of anilines is 4. The van der Waals surface area contributed by atoms with Gasteiger partial charge in [0, 0.05) is 31.5 Å². The van der Waals surface area contributed by atoms with E-state index in [0.717, 1.165) is 10.6 Å². The molecule has 0 fully saturated rings. The molecule has 0 bridgehead atoms. The minimum Gasteiger partial charge on any atom is -0.495 e. The van der Waals surface area contributed by atoms with E-state index >= 15 is 0 Å². The Morgan fingerprint density at radius 1 is 1.22 bits per heavy atom. The summed E-state index contributed by atoms with van der Waals surface area (Å²) in [6, 6.07) is 6.90. The first-order chi connectivity index (χ1) is 16.8. The number of aromatic carboxylic acids is 1. The number of carboxylic acid groups (broad SMARTS) is 1. The number of nitrogens with zero attached hydrogens (tertiary/aromatic N) is 4. The highest BCUT2D eigenvalue weighted by atomic mass is 32.2. The van der Waals surface area contributed by atoms with Crippen LogP contribution in [-0.2, 0) is 22.7 Å². The maximum absolute atomic E-state index is 13.6. The van der Waals surface area contributed by atoms with E-state index in [1.165, 1.54) is 50.7 Å². The van der Waals surface area contributed by atoms with Gasteiger partial charge in [0.15, 0.2) is 0 Å². The zero-order chi connectivity index (χ0) is 26.7. The van der Waals surface area contributed by atoms with Crippen LogP contribution in [0.4, 0.5) is 36.4 Å². The molecule has 0 unspecified atom stereocenters. The third kappa shape index (κ3) is 6.10. The van der Waals surface area contributed by atoms with Crippen molar-refractivity contribution in [1.29, 1.82) is 0 Å². The summed E-state index contributed by atoms with van der Waals surface area (Å²) in [5, 5.41) is 14.4. The number of hydrogen-bond acceptors (Lipinski definition) is 9. The molecule has 11 nitrogen and oxygen atoms in total. The van der Waals surface area contributed by atoms with Crippen molar-refractivity contribution in [3.63, 3.8) is 0 Å². The molecule has 192 valence electrons. The summed E-state index contributed by atoms with van der Waals surface area (Å²) in [7, 11) is -1.10. The fraction of sp³-hybridized carbons (Fsp3) is 0.238. The van der Waals surface area contributed by atoms with Gasteiger partial charge in [-0.2, -0.15) is 18.2 Å². The SMILES string of the molecule is COc1cc(C(=O)O)ccc1Nc1ncc(C(F)(F)F)c(NCc2cccnc2N(C)S(C)(=O)=O)n1. The normalized spacial score (nSPS) is 11.6. The average molecular weight is 526 g/mol. The largest absolute Gasteiger partial charge is 0.495 e. The number of methoxy groups -OCH3 is 1. The molecule has 0 spiro atoms. The summed E-state index contributed by atoms with van der Waals surface area (Å²) in [5.41, 5.74) is -0.683. The number of pyridine rings is 1. The number of carboxylic acids is 1. The van der Waals surface area contributed by atoms with Crippen molar-refractivity contribution in [2.45, 2.75) is 12.7 Å². The Morgan fingerprint density at radius 2 is 1.94 bits per heavy atom. The van der Waals surface area contributed by atoms with Crippen molar-refractivity contribution in [3.8, 4) is 5.75 Å². The molecule has 0 saturated heterocycles. The molecule has 36 heavy (non-hydrogen) atoms. The van der Waals surface area contributed by atoms with Gasteiger partial charge in [0.1, 0.15) is 22.9 Å². The number of carbonyl (C=O) groups is 1. The Balaban J connectivity index is 1.94. The molecule has 3 aromatic rings. The highest BCUT2D eigenvalue weighted by Gasteiger charge is 2.35. The number of ether oxygens (including phenoxy) is 1. The second-order valence-corrected chi connectivity index (χ2v) is 9.38. The van der Waals surface area contributed by atoms with Gasteiger partial charge in [-0.1, -0.05) is 6.07 Å². The van der Waals surface area contributed by atoms with E-state index in [9.17, 15) is 26.4 Å². The van der Waals surface area contributed by atoms with E-state index in [1.54, 1.807) is 0 Å². The lowest BCUT2D eigenvalue weighted by Crippen LogP contribution is -2.27. The van der Waals surface area contributed by atoms with E-state index in [0.29, 0.717) is 11.8 Å². The molecule has 15 heteroatoms. The predicted octanol–water partition coefficient (Wildman–Crippen LogP) is 3.35. The molecular formula is C21H21F3N6O5S. The van der Waals surface area contributed by atoms with E-state index < -0.39 is 33.6 Å². The van der Waals surface area contributed by atoms with Crippen LogP contribution in [0.1, 0.15) is 21.5 Å². The van der Waals surface area contributed by atoms with Crippen molar-refractivity contribution >= 4 is 39.3 Å². The fourth-order valence-electron chi connectivity index (χ4n) is 3.02. The topological polar surface area (TPSA) is 147 Å². The van der Waals surface area contributed by atoms with Crippen LogP contribution in [-0.4, -0.2) is 54.9 Å². The van der Waals surface area contributed by atoms with Crippen LogP contribution in [0.5, 0.6) is 5.75 Å². The third-order valence-corrected chi connectivity index (χ3v) is 6.07. The number of aromatic nitrogens is 3. The fourth-order valence-corrected chi connectivity index (χ4v) is 3.50. The molecule has 3 N–H and O–H groups in total. The first-order valence-electron chi connectivity index (χ1n) is 10.1. The molecule has 0 aliphatic rings. The van der Waals surface area contributed by atoms with E-state index in [4.69, 9.17) is 9.84 Å². The Hall–Kier alpha value is -4.14. The molecule has 1 aromatic carbocycles. The van der Waals surface area contributed by atoms with Gasteiger partial charge in [0.2, 0.25) is 16.0 Å². The number of hydrogen-bond donors (Lipinski definition) is 3. The first-order valence-corrected chi connectivity index (χ1v) is 11.9. The second kappa shape index (κ2) is 10.2. The minimum atomic E-state index is -4.79. The average Bonchev–Trinajstić information content (AvgIpc) is 2.81. The van der Waals surface area contributed by atoms with Gasteiger partial charge in [-0.05, 0) is 24.3 Å². The van der Waals surface area contributed by atoms with Crippen LogP contribution < -0.4 is 19.7 Å². The van der Waals surface area contributed by atoms with Gasteiger partial charge in [0.05, 0.1) is 24.6 Å². The van der Waals surface area contributed by atoms with Crippen molar-refractivity contribution in [3.05, 3.63) is 59.4 Å². The van der Waals surface area contributed by atoms with Crippen LogP contribution in [0.25, 0.3) is 0 Å². The van der Waals surface area contributed by atoms with Crippen molar-refractivity contribution < 1.29 is 36.2 Å². The molecule has 0 aliphatic heterocycles. The Morgan fingerprint density at radius 3 is 2.56 bits per heavy atom. The molecule has 0 radical (unpaired) electrons. The molecule has 0 atom stereocenters. The zero-order valence-corrected chi connectivity index (χ0v) is 20.0. The summed E-state index contributed by atoms with van der Waals surface area (Å²) in [5.74, 6) is -1.84. The van der Waals surface area contributed by atoms with Crippen molar-refractivity contribution in [1.82, 2.24) is 15.0 Å². The van der Waals surface area contributed by atoms with Gasteiger partial charge >= 0.3 is 12.1 Å². The maximum atomic E-state index is 13.6. The Bertz CT molecular complexity index is 1380. The van der Waals surface area contributed by atoms with Crippen LogP contribution in [0.2, 0.25) is 0 Å². The van der Waals surface area contributed by atoms with E-state index in [2.05, 4.69) is 25.6 Å². The highest BCUT2D eigenvalue weighted by Crippen LogP contribution is 2.35. The van der Waals surface area contributed by atoms with Crippen LogP contribution in [0.3, 0.4) is 0 Å². The lowest BCUT2D eigenvalue weighted by molar-refractivity contribution is -0.137. The number of sulfonamides is 1. The molecule has 0 aliphatic carbocycles. The molecule has 0 saturated carbocycles. The third-order valence-electron chi connectivity index (χ3n) is 4.90. The molecule has 3 rings (SSSR count). The van der Waals surface area contributed by atoms with Crippen LogP contribution in [0, 0.1) is 0 Å². The number of rotatable bonds is 9. The predicted molar refractivity (Wildman–Crippen MR) is 125 cm³/mol. The molecule has 0 amide bonds. The van der Waals surface area contributed by atoms with Crippen LogP contribution >= 0.6 is 0 Å². The summed E-state index contributed by atoms with van der Waals surface area (Å²) in [6.45, 7) is -0.237. The highest BCUT2D eigenvalue weighted by molar-refractivity contribution is 7.92. The summed E-state index contributed by atoms with van der Waals surface area (Å²) in [4.78, 5) is 22.8. The van der Waals surface area contributed by atoms with Gasteiger partial charge in [-0.15, -0.1) is 0 Å². The van der Waals surface area contributed by atoms with Crippen LogP contribution in [0.15, 0.2) is 42.7 Å². The lowest BCUT2D eigenvalue weighted by Gasteiger charge is -2.20. The summed E-state index contributed by atoms with van der Waals surface area (Å²) >= 11 is 0. The van der Waals surface area contributed by atoms with E-state index in [1.807, 2.05) is 0 Å². The summed E-state index contributed by atoms with van der Waals surface area (Å²) < 4.78 is 70.8. The summed E-state index contributed by atoms with van der Waals surface area (Å²) in [6.07, 6.45) is -1.87. The monoisotopic (exact) mass is 526 g/mol. The molecule has 2 aromatic heterocycles. The van der Waals surface area contributed by atoms with Gasteiger partial charge in [-0.25, -0.2) is 23.2 Å². The number of nitrogens with one attached hydrogen (secondary N) is 2. The molecular weight excluding hydrogens is 505 g/mol. The Labute approximate surface area is 204 Å². The maximum Gasteiger partial charge on any atom is 0.421 e. The minimum absolute atomic E-state index is 0.0386. The molecule has 2 heterocycles. The number of benzene rings is 1. The van der Waals surface area contributed by atoms with Gasteiger partial charge in [-0.3, -0.25) is 4.31 Å². The number of alkyl halides is 3. The van der Waals surface area contributed by atoms with Crippen molar-refractivity contribution in [2.75, 3.05) is 35.4 Å². The Kier molecular flexibility index (Phi) is 7.52. The lowest BCUT2D eigenvalue weighted by atomic mass is 10.2. The number of halogens is 3. The quantitative estimate of drug-likeness (QED) is 0.379. The van der Waals surface area contributed by atoms with Crippen molar-refractivity contribution in [2.24, 2.45) is 0 Å². The van der Waals surface area contributed by atoms with Gasteiger partial charge in [0.25, 0.3) is 0 Å². The van der Waals surface area contributed by atoms with Gasteiger partial charge < -0.3 is 20.5 Å². The second-order valence-electron chi connectivity index (χ2n) is 7.37. The van der Waals surface area contributed by atoms with E-state index in [-0.39, 0.29) is 35.3 Å².